The molecule has 0 radical (unpaired) electrons. The minimum absolute atomic E-state index is 0.113. The molecule has 1 saturated heterocycles. The van der Waals surface area contributed by atoms with E-state index in [0.29, 0.717) is 37.8 Å². The molecule has 5 N–H and O–H groups in total. The third kappa shape index (κ3) is 15.0. The fraction of sp³-hybridized carbons (Fsp3) is 0.864. The van der Waals surface area contributed by atoms with Crippen LogP contribution in [0, 0.1) is 0 Å². The van der Waals surface area contributed by atoms with Crippen molar-refractivity contribution in [3.63, 3.8) is 0 Å². The predicted molar refractivity (Wildman–Crippen MR) is 126 cm³/mol. The summed E-state index contributed by atoms with van der Waals surface area (Å²) in [4.78, 5) is 34.8. The number of rotatable bonds is 17. The van der Waals surface area contributed by atoms with Crippen molar-refractivity contribution in [2.75, 3.05) is 32.5 Å². The average molecular weight is 459 g/mol. The maximum Gasteiger partial charge on any atom is 0.314 e. The van der Waals surface area contributed by atoms with Crippen molar-refractivity contribution in [3.8, 4) is 0 Å². The molecular weight excluding hydrogens is 416 g/mol. The molecule has 31 heavy (non-hydrogen) atoms. The molecule has 0 saturated carbocycles. The first-order valence-corrected chi connectivity index (χ1v) is 12.8. The summed E-state index contributed by atoms with van der Waals surface area (Å²) >= 11 is 1.91. The first-order valence-electron chi connectivity index (χ1n) is 11.8. The molecule has 2 atom stereocenters. The number of amides is 3. The number of esters is 1. The van der Waals surface area contributed by atoms with Gasteiger partial charge in [-0.25, -0.2) is 4.79 Å². The number of nitrogens with one attached hydrogen (secondary N) is 3. The van der Waals surface area contributed by atoms with Gasteiger partial charge in [0.1, 0.15) is 0 Å². The molecule has 1 heterocycles. The van der Waals surface area contributed by atoms with Gasteiger partial charge < -0.3 is 26.4 Å². The fourth-order valence-electron chi connectivity index (χ4n) is 3.49. The van der Waals surface area contributed by atoms with E-state index in [9.17, 15) is 14.4 Å². The minimum Gasteiger partial charge on any atom is -0.466 e. The molecule has 1 aliphatic heterocycles. The summed E-state index contributed by atoms with van der Waals surface area (Å²) in [6, 6.07) is 0.140. The van der Waals surface area contributed by atoms with Gasteiger partial charge in [-0.3, -0.25) is 9.59 Å². The van der Waals surface area contributed by atoms with Crippen LogP contribution in [0.5, 0.6) is 0 Å². The molecule has 0 spiro atoms. The number of hydrogen-bond acceptors (Lipinski definition) is 6. The van der Waals surface area contributed by atoms with Gasteiger partial charge in [0.25, 0.3) is 0 Å². The highest BCUT2D eigenvalue weighted by molar-refractivity contribution is 8.00. The van der Waals surface area contributed by atoms with Crippen molar-refractivity contribution < 1.29 is 19.1 Å². The zero-order valence-electron chi connectivity index (χ0n) is 19.1. The Bertz CT molecular complexity index is 522. The van der Waals surface area contributed by atoms with Crippen molar-refractivity contribution in [3.05, 3.63) is 0 Å². The van der Waals surface area contributed by atoms with Crippen LogP contribution in [0.1, 0.15) is 77.0 Å². The average Bonchev–Trinajstić information content (AvgIpc) is 3.20. The van der Waals surface area contributed by atoms with Gasteiger partial charge in [-0.2, -0.15) is 11.8 Å². The Morgan fingerprint density at radius 2 is 1.77 bits per heavy atom. The molecule has 0 aromatic carbocycles. The van der Waals surface area contributed by atoms with Crippen LogP contribution < -0.4 is 21.7 Å². The molecule has 0 bridgehead atoms. The van der Waals surface area contributed by atoms with Gasteiger partial charge in [-0.15, -0.1) is 0 Å². The minimum atomic E-state index is -0.125. The van der Waals surface area contributed by atoms with Gasteiger partial charge in [0.05, 0.1) is 6.61 Å². The second kappa shape index (κ2) is 18.1. The number of thioether (sulfide) groups is 1. The monoisotopic (exact) mass is 458 g/mol. The van der Waals surface area contributed by atoms with E-state index in [1.165, 1.54) is 0 Å². The lowest BCUT2D eigenvalue weighted by Gasteiger charge is -2.12. The van der Waals surface area contributed by atoms with Crippen LogP contribution in [0.2, 0.25) is 0 Å². The molecule has 1 rings (SSSR count). The molecule has 0 aromatic heterocycles. The maximum atomic E-state index is 11.9. The number of hydrogen-bond donors (Lipinski definition) is 4. The highest BCUT2D eigenvalue weighted by atomic mass is 32.2. The summed E-state index contributed by atoms with van der Waals surface area (Å²) < 4.78 is 5.21. The summed E-state index contributed by atoms with van der Waals surface area (Å²) in [5.74, 6) is 0.953. The molecule has 0 unspecified atom stereocenters. The Balaban J connectivity index is 1.88. The van der Waals surface area contributed by atoms with Crippen LogP contribution in [0.3, 0.4) is 0 Å². The van der Waals surface area contributed by atoms with Crippen LogP contribution in [-0.2, 0) is 14.3 Å². The Morgan fingerprint density at radius 1 is 1.00 bits per heavy atom. The quantitative estimate of drug-likeness (QED) is 0.196. The number of urea groups is 1. The van der Waals surface area contributed by atoms with Crippen molar-refractivity contribution >= 4 is 29.7 Å². The SMILES string of the molecule is CNC(=O)N[C@H]1CS[C@H](CCCCC(=O)NCCCCCOC(=O)CCCCCN)C1. The lowest BCUT2D eigenvalue weighted by atomic mass is 10.1. The van der Waals surface area contributed by atoms with Crippen LogP contribution in [-0.4, -0.2) is 61.7 Å². The highest BCUT2D eigenvalue weighted by Gasteiger charge is 2.25. The van der Waals surface area contributed by atoms with Gasteiger partial charge in [0, 0.05) is 43.5 Å². The largest absolute Gasteiger partial charge is 0.466 e. The number of carbonyl (C=O) groups is 3. The van der Waals surface area contributed by atoms with Crippen molar-refractivity contribution in [2.24, 2.45) is 5.73 Å². The Hall–Kier alpha value is -1.48. The van der Waals surface area contributed by atoms with Crippen LogP contribution >= 0.6 is 11.8 Å². The van der Waals surface area contributed by atoms with Gasteiger partial charge in [-0.05, 0) is 57.9 Å². The highest BCUT2D eigenvalue weighted by Crippen LogP contribution is 2.30. The normalized spacial score (nSPS) is 17.9. The fourth-order valence-corrected chi connectivity index (χ4v) is 4.92. The molecule has 9 heteroatoms. The van der Waals surface area contributed by atoms with Gasteiger partial charge in [0.15, 0.2) is 0 Å². The molecule has 0 aromatic rings. The van der Waals surface area contributed by atoms with Crippen LogP contribution in [0.25, 0.3) is 0 Å². The van der Waals surface area contributed by atoms with Gasteiger partial charge >= 0.3 is 12.0 Å². The Labute approximate surface area is 191 Å². The topological polar surface area (TPSA) is 123 Å². The third-order valence-corrected chi connectivity index (χ3v) is 6.81. The zero-order valence-corrected chi connectivity index (χ0v) is 19.9. The summed E-state index contributed by atoms with van der Waals surface area (Å²) in [6.07, 6.45) is 10.5. The number of nitrogens with two attached hydrogens (primary N) is 1. The third-order valence-electron chi connectivity index (χ3n) is 5.31. The first-order chi connectivity index (χ1) is 15.0. The Morgan fingerprint density at radius 3 is 2.55 bits per heavy atom. The predicted octanol–water partition coefficient (Wildman–Crippen LogP) is 2.70. The van der Waals surface area contributed by atoms with Crippen molar-refractivity contribution in [1.29, 1.82) is 0 Å². The molecule has 3 amide bonds. The van der Waals surface area contributed by atoms with Gasteiger partial charge in [-0.1, -0.05) is 12.8 Å². The smallest absolute Gasteiger partial charge is 0.314 e. The molecule has 180 valence electrons. The number of ether oxygens (including phenoxy) is 1. The van der Waals surface area contributed by atoms with Crippen molar-refractivity contribution in [2.45, 2.75) is 88.3 Å². The summed E-state index contributed by atoms with van der Waals surface area (Å²) in [7, 11) is 1.63. The zero-order chi connectivity index (χ0) is 22.7. The van der Waals surface area contributed by atoms with E-state index >= 15 is 0 Å². The van der Waals surface area contributed by atoms with E-state index in [-0.39, 0.29) is 23.9 Å². The van der Waals surface area contributed by atoms with E-state index in [1.807, 2.05) is 11.8 Å². The van der Waals surface area contributed by atoms with Crippen LogP contribution in [0.4, 0.5) is 4.79 Å². The van der Waals surface area contributed by atoms with Crippen LogP contribution in [0.15, 0.2) is 0 Å². The van der Waals surface area contributed by atoms with E-state index in [4.69, 9.17) is 10.5 Å². The van der Waals surface area contributed by atoms with Gasteiger partial charge in [0.2, 0.25) is 5.91 Å². The van der Waals surface area contributed by atoms with Crippen molar-refractivity contribution in [1.82, 2.24) is 16.0 Å². The van der Waals surface area contributed by atoms with E-state index in [1.54, 1.807) is 7.05 Å². The second-order valence-electron chi connectivity index (χ2n) is 8.09. The maximum absolute atomic E-state index is 11.9. The number of unbranched alkanes of at least 4 members (excludes halogenated alkanes) is 5. The molecule has 8 nitrogen and oxygen atoms in total. The number of carbonyl (C=O) groups excluding carboxylic acids is 3. The van der Waals surface area contributed by atoms with E-state index in [0.717, 1.165) is 70.0 Å². The summed E-state index contributed by atoms with van der Waals surface area (Å²) in [5.41, 5.74) is 5.42. The summed E-state index contributed by atoms with van der Waals surface area (Å²) in [5, 5.41) is 9.10. The molecule has 1 fully saturated rings. The lowest BCUT2D eigenvalue weighted by molar-refractivity contribution is -0.143. The second-order valence-corrected chi connectivity index (χ2v) is 9.42. The lowest BCUT2D eigenvalue weighted by Crippen LogP contribution is -2.40. The Kier molecular flexibility index (Phi) is 16.1. The summed E-state index contributed by atoms with van der Waals surface area (Å²) in [6.45, 7) is 1.81. The van der Waals surface area contributed by atoms with E-state index in [2.05, 4.69) is 16.0 Å². The molecule has 1 aliphatic rings. The first kappa shape index (κ1) is 27.6. The molecule has 0 aliphatic carbocycles. The molecular formula is C22H42N4O4S. The standard InChI is InChI=1S/C22H42N4O4S/c1-24-22(29)26-18-16-19(31-17-18)10-5-6-11-20(27)25-14-8-3-9-15-30-21(28)12-4-2-7-13-23/h18-19H,2-17,23H2,1H3,(H,25,27)(H2,24,26,29)/t18-,19-/m1/s1. The van der Waals surface area contributed by atoms with E-state index < -0.39 is 0 Å².